The molecule has 13 heavy (non-hydrogen) atoms. The third kappa shape index (κ3) is 3.30. The molecule has 0 fully saturated rings. The molecule has 0 atom stereocenters. The summed E-state index contributed by atoms with van der Waals surface area (Å²) >= 11 is 5.89. The topological polar surface area (TPSA) is 21.6 Å². The summed E-state index contributed by atoms with van der Waals surface area (Å²) in [4.78, 5) is 4.95. The molecule has 0 aliphatic carbocycles. The van der Waals surface area contributed by atoms with E-state index >= 15 is 0 Å². The fraction of sp³-hybridized carbons (Fsp3) is 0.100. The van der Waals surface area contributed by atoms with Crippen LogP contribution < -0.4 is 0 Å². The molecule has 0 aromatic heterocycles. The van der Waals surface area contributed by atoms with Gasteiger partial charge in [-0.3, -0.25) is 0 Å². The van der Waals surface area contributed by atoms with Crippen LogP contribution in [-0.4, -0.2) is 6.21 Å². The Bertz CT molecular complexity index is 310. The van der Waals surface area contributed by atoms with Gasteiger partial charge in [-0.1, -0.05) is 41.5 Å². The Labute approximate surface area is 82.5 Å². The molecule has 2 nitrogen and oxygen atoms in total. The van der Waals surface area contributed by atoms with Gasteiger partial charge in [-0.2, -0.15) is 0 Å². The minimum absolute atomic E-state index is 0.379. The van der Waals surface area contributed by atoms with E-state index in [4.69, 9.17) is 16.4 Å². The van der Waals surface area contributed by atoms with Crippen LogP contribution in [0.3, 0.4) is 0 Å². The van der Waals surface area contributed by atoms with Gasteiger partial charge in [-0.05, 0) is 12.1 Å². The van der Waals surface area contributed by atoms with Crippen LogP contribution >= 0.6 is 11.6 Å². The lowest BCUT2D eigenvalue weighted by Crippen LogP contribution is -1.87. The molecule has 0 unspecified atom stereocenters. The van der Waals surface area contributed by atoms with Gasteiger partial charge >= 0.3 is 0 Å². The van der Waals surface area contributed by atoms with Crippen LogP contribution in [0.1, 0.15) is 5.56 Å². The van der Waals surface area contributed by atoms with Crippen molar-refractivity contribution in [3.8, 4) is 0 Å². The molecule has 68 valence electrons. The molecule has 1 aromatic carbocycles. The zero-order chi connectivity index (χ0) is 9.52. The van der Waals surface area contributed by atoms with Crippen LogP contribution in [-0.2, 0) is 11.4 Å². The van der Waals surface area contributed by atoms with Gasteiger partial charge in [0.25, 0.3) is 0 Å². The number of benzene rings is 1. The molecule has 0 saturated heterocycles. The molecule has 0 saturated carbocycles. The smallest absolute Gasteiger partial charge is 0.143 e. The van der Waals surface area contributed by atoms with Crippen LogP contribution in [0.25, 0.3) is 0 Å². The van der Waals surface area contributed by atoms with E-state index in [-0.39, 0.29) is 0 Å². The molecule has 0 heterocycles. The average molecular weight is 196 g/mol. The molecular weight excluding hydrogens is 186 g/mol. The monoisotopic (exact) mass is 195 g/mol. The Morgan fingerprint density at radius 3 is 2.92 bits per heavy atom. The number of oxime groups is 1. The Morgan fingerprint density at radius 2 is 2.23 bits per heavy atom. The van der Waals surface area contributed by atoms with Crippen molar-refractivity contribution >= 4 is 17.8 Å². The molecule has 0 radical (unpaired) electrons. The summed E-state index contributed by atoms with van der Waals surface area (Å²) in [5, 5.41) is 4.32. The van der Waals surface area contributed by atoms with Gasteiger partial charge in [0.1, 0.15) is 6.61 Å². The lowest BCUT2D eigenvalue weighted by atomic mass is 10.2. The highest BCUT2D eigenvalue weighted by atomic mass is 35.5. The van der Waals surface area contributed by atoms with Crippen molar-refractivity contribution in [1.82, 2.24) is 0 Å². The van der Waals surface area contributed by atoms with Crippen molar-refractivity contribution in [2.24, 2.45) is 5.16 Å². The van der Waals surface area contributed by atoms with E-state index in [1.165, 1.54) is 6.21 Å². The molecule has 0 N–H and O–H groups in total. The summed E-state index contributed by atoms with van der Waals surface area (Å²) in [7, 11) is 0. The van der Waals surface area contributed by atoms with Crippen LogP contribution in [0.5, 0.6) is 0 Å². The van der Waals surface area contributed by atoms with Crippen molar-refractivity contribution in [3.05, 3.63) is 47.5 Å². The fourth-order valence-electron chi connectivity index (χ4n) is 0.808. The average Bonchev–Trinajstić information content (AvgIpc) is 2.15. The maximum absolute atomic E-state index is 5.89. The first-order valence-electron chi connectivity index (χ1n) is 3.84. The van der Waals surface area contributed by atoms with E-state index in [9.17, 15) is 0 Å². The lowest BCUT2D eigenvalue weighted by molar-refractivity contribution is 0.132. The van der Waals surface area contributed by atoms with Crippen molar-refractivity contribution in [1.29, 1.82) is 0 Å². The predicted molar refractivity (Wildman–Crippen MR) is 54.9 cm³/mol. The highest BCUT2D eigenvalue weighted by Crippen LogP contribution is 2.15. The van der Waals surface area contributed by atoms with Crippen molar-refractivity contribution in [3.63, 3.8) is 0 Å². The van der Waals surface area contributed by atoms with E-state index in [1.54, 1.807) is 6.08 Å². The van der Waals surface area contributed by atoms with Gasteiger partial charge < -0.3 is 4.84 Å². The standard InChI is InChI=1S/C10H10ClNO/c1-2-7-12-13-8-9-5-3-4-6-10(9)11/h2-7H,1,8H2/b12-7+. The second-order valence-corrected chi connectivity index (χ2v) is 2.76. The quantitative estimate of drug-likeness (QED) is 0.535. The minimum atomic E-state index is 0.379. The van der Waals surface area contributed by atoms with E-state index in [0.717, 1.165) is 5.56 Å². The number of nitrogens with zero attached hydrogens (tertiary/aromatic N) is 1. The predicted octanol–water partition coefficient (Wildman–Crippen LogP) is 3.03. The number of rotatable bonds is 4. The number of hydrogen-bond acceptors (Lipinski definition) is 2. The zero-order valence-electron chi connectivity index (χ0n) is 7.11. The third-order valence-corrected chi connectivity index (χ3v) is 1.79. The number of halogens is 1. The van der Waals surface area contributed by atoms with Gasteiger partial charge in [0.15, 0.2) is 0 Å². The zero-order valence-corrected chi connectivity index (χ0v) is 7.87. The van der Waals surface area contributed by atoms with Crippen molar-refractivity contribution in [2.45, 2.75) is 6.61 Å². The molecule has 0 spiro atoms. The Hall–Kier alpha value is -1.28. The Balaban J connectivity index is 2.49. The molecule has 1 aromatic rings. The largest absolute Gasteiger partial charge is 0.391 e. The van der Waals surface area contributed by atoms with Crippen LogP contribution in [0.4, 0.5) is 0 Å². The number of hydrogen-bond donors (Lipinski definition) is 0. The van der Waals surface area contributed by atoms with Gasteiger partial charge in [-0.15, -0.1) is 0 Å². The second-order valence-electron chi connectivity index (χ2n) is 2.36. The van der Waals surface area contributed by atoms with Gasteiger partial charge in [0, 0.05) is 10.6 Å². The Kier molecular flexibility index (Phi) is 4.06. The minimum Gasteiger partial charge on any atom is -0.391 e. The fourth-order valence-corrected chi connectivity index (χ4v) is 0.999. The molecule has 0 bridgehead atoms. The summed E-state index contributed by atoms with van der Waals surface area (Å²) < 4.78 is 0. The second kappa shape index (κ2) is 5.38. The summed E-state index contributed by atoms with van der Waals surface area (Å²) in [6.07, 6.45) is 3.03. The summed E-state index contributed by atoms with van der Waals surface area (Å²) in [6, 6.07) is 7.49. The molecule has 0 aliphatic rings. The lowest BCUT2D eigenvalue weighted by Gasteiger charge is -2.00. The van der Waals surface area contributed by atoms with E-state index in [2.05, 4.69) is 11.7 Å². The van der Waals surface area contributed by atoms with Gasteiger partial charge in [0.05, 0.1) is 6.21 Å². The number of allylic oxidation sites excluding steroid dienone is 1. The molecule has 0 aliphatic heterocycles. The highest BCUT2D eigenvalue weighted by molar-refractivity contribution is 6.31. The first-order chi connectivity index (χ1) is 6.34. The van der Waals surface area contributed by atoms with Crippen LogP contribution in [0.15, 0.2) is 42.1 Å². The van der Waals surface area contributed by atoms with E-state index < -0.39 is 0 Å². The summed E-state index contributed by atoms with van der Waals surface area (Å²) in [5.41, 5.74) is 0.922. The highest BCUT2D eigenvalue weighted by Gasteiger charge is 1.97. The van der Waals surface area contributed by atoms with Crippen molar-refractivity contribution in [2.75, 3.05) is 0 Å². The molecule has 3 heteroatoms. The molecule has 0 amide bonds. The maximum Gasteiger partial charge on any atom is 0.143 e. The SMILES string of the molecule is C=C/C=N/OCc1ccccc1Cl. The normalized spacial score (nSPS) is 10.2. The molecular formula is C10H10ClNO. The third-order valence-electron chi connectivity index (χ3n) is 1.42. The van der Waals surface area contributed by atoms with E-state index in [0.29, 0.717) is 11.6 Å². The summed E-state index contributed by atoms with van der Waals surface area (Å²) in [6.45, 7) is 3.85. The van der Waals surface area contributed by atoms with Crippen LogP contribution in [0.2, 0.25) is 5.02 Å². The van der Waals surface area contributed by atoms with E-state index in [1.807, 2.05) is 24.3 Å². The summed E-state index contributed by atoms with van der Waals surface area (Å²) in [5.74, 6) is 0. The van der Waals surface area contributed by atoms with Gasteiger partial charge in [-0.25, -0.2) is 0 Å². The first kappa shape index (κ1) is 9.81. The Morgan fingerprint density at radius 1 is 1.46 bits per heavy atom. The van der Waals surface area contributed by atoms with Gasteiger partial charge in [0.2, 0.25) is 0 Å². The van der Waals surface area contributed by atoms with Crippen LogP contribution in [0, 0.1) is 0 Å². The molecule has 1 rings (SSSR count). The first-order valence-corrected chi connectivity index (χ1v) is 4.22. The van der Waals surface area contributed by atoms with Crippen molar-refractivity contribution < 1.29 is 4.84 Å². The maximum atomic E-state index is 5.89.